The Kier molecular flexibility index (Phi) is 5.50. The Hall–Kier alpha value is -2.96. The summed E-state index contributed by atoms with van der Waals surface area (Å²) in [5.74, 6) is 0.685. The van der Waals surface area contributed by atoms with Gasteiger partial charge >= 0.3 is 0 Å². The summed E-state index contributed by atoms with van der Waals surface area (Å²) in [7, 11) is 1.64. The first kappa shape index (κ1) is 18.4. The molecular formula is C22H18N2O2S2. The fourth-order valence-corrected chi connectivity index (χ4v) is 4.39. The number of hydrogen-bond acceptors (Lipinski definition) is 5. The zero-order valence-electron chi connectivity index (χ0n) is 15.2. The van der Waals surface area contributed by atoms with Crippen LogP contribution in [0.3, 0.4) is 0 Å². The molecule has 0 aliphatic heterocycles. The molecule has 0 spiro atoms. The third-order valence-corrected chi connectivity index (χ3v) is 6.08. The molecule has 0 fully saturated rings. The summed E-state index contributed by atoms with van der Waals surface area (Å²) in [6.07, 6.45) is 3.46. The van der Waals surface area contributed by atoms with Crippen LogP contribution in [0, 0.1) is 0 Å². The molecule has 2 aromatic carbocycles. The second-order valence-corrected chi connectivity index (χ2v) is 8.08. The average molecular weight is 407 g/mol. The predicted octanol–water partition coefficient (Wildman–Crippen LogP) is 5.61. The molecule has 0 saturated heterocycles. The first-order valence-corrected chi connectivity index (χ1v) is 10.4. The standard InChI is InChI=1S/C22H18N2O2S2/c1-26-17-9-11-19-20(14-17)28-22(23-19)24(15-16-6-3-2-4-7-16)21(25)12-10-18-8-5-13-27-18/h2-14H,15H2,1H3/b12-10+. The van der Waals surface area contributed by atoms with Gasteiger partial charge in [-0.2, -0.15) is 0 Å². The molecule has 2 aromatic heterocycles. The Labute approximate surface area is 171 Å². The van der Waals surface area contributed by atoms with Gasteiger partial charge in [0.2, 0.25) is 0 Å². The van der Waals surface area contributed by atoms with Crippen LogP contribution in [0.2, 0.25) is 0 Å². The highest BCUT2D eigenvalue weighted by Crippen LogP contribution is 2.32. The molecule has 140 valence electrons. The Morgan fingerprint density at radius 2 is 2.00 bits per heavy atom. The van der Waals surface area contributed by atoms with Crippen LogP contribution in [0.1, 0.15) is 10.4 Å². The van der Waals surface area contributed by atoms with E-state index in [2.05, 4.69) is 4.98 Å². The first-order chi connectivity index (χ1) is 13.7. The lowest BCUT2D eigenvalue weighted by Crippen LogP contribution is -2.28. The number of carbonyl (C=O) groups excluding carboxylic acids is 1. The molecule has 4 aromatic rings. The molecule has 4 rings (SSSR count). The van der Waals surface area contributed by atoms with E-state index in [1.807, 2.05) is 72.1 Å². The molecular weight excluding hydrogens is 388 g/mol. The number of ether oxygens (including phenoxy) is 1. The van der Waals surface area contributed by atoms with Crippen LogP contribution in [-0.2, 0) is 11.3 Å². The van der Waals surface area contributed by atoms with Gasteiger partial charge in [-0.1, -0.05) is 47.7 Å². The van der Waals surface area contributed by atoms with Gasteiger partial charge < -0.3 is 4.74 Å². The average Bonchev–Trinajstić information content (AvgIpc) is 3.39. The normalized spacial score (nSPS) is 11.2. The molecule has 0 aliphatic rings. The largest absolute Gasteiger partial charge is 0.497 e. The predicted molar refractivity (Wildman–Crippen MR) is 117 cm³/mol. The van der Waals surface area contributed by atoms with E-state index < -0.39 is 0 Å². The van der Waals surface area contributed by atoms with Crippen molar-refractivity contribution in [1.82, 2.24) is 4.98 Å². The number of thiazole rings is 1. The molecule has 0 bridgehead atoms. The molecule has 0 unspecified atom stereocenters. The molecule has 0 atom stereocenters. The summed E-state index contributed by atoms with van der Waals surface area (Å²) in [6, 6.07) is 19.6. The second kappa shape index (κ2) is 8.37. The fourth-order valence-electron chi connectivity index (χ4n) is 2.77. The van der Waals surface area contributed by atoms with Crippen LogP contribution in [0.5, 0.6) is 5.75 Å². The molecule has 0 N–H and O–H groups in total. The van der Waals surface area contributed by atoms with Crippen molar-refractivity contribution in [3.8, 4) is 5.75 Å². The number of aromatic nitrogens is 1. The number of thiophene rings is 1. The van der Waals surface area contributed by atoms with E-state index in [1.54, 1.807) is 29.4 Å². The van der Waals surface area contributed by atoms with Gasteiger partial charge in [0, 0.05) is 11.0 Å². The number of rotatable bonds is 6. The van der Waals surface area contributed by atoms with Crippen molar-refractivity contribution in [1.29, 1.82) is 0 Å². The van der Waals surface area contributed by atoms with Gasteiger partial charge in [0.1, 0.15) is 5.75 Å². The number of carbonyl (C=O) groups is 1. The van der Waals surface area contributed by atoms with E-state index in [4.69, 9.17) is 4.74 Å². The number of fused-ring (bicyclic) bond motifs is 1. The zero-order valence-corrected chi connectivity index (χ0v) is 16.9. The Morgan fingerprint density at radius 1 is 1.14 bits per heavy atom. The maximum atomic E-state index is 13.0. The highest BCUT2D eigenvalue weighted by Gasteiger charge is 2.18. The van der Waals surface area contributed by atoms with Crippen molar-refractivity contribution in [3.63, 3.8) is 0 Å². The Balaban J connectivity index is 1.68. The van der Waals surface area contributed by atoms with Crippen LogP contribution in [0.4, 0.5) is 5.13 Å². The summed E-state index contributed by atoms with van der Waals surface area (Å²) < 4.78 is 6.29. The van der Waals surface area contributed by atoms with E-state index in [0.717, 1.165) is 26.4 Å². The van der Waals surface area contributed by atoms with E-state index in [0.29, 0.717) is 11.7 Å². The SMILES string of the molecule is COc1ccc2nc(N(Cc3ccccc3)C(=O)/C=C/c3cccs3)sc2c1. The molecule has 0 saturated carbocycles. The number of nitrogens with zero attached hydrogens (tertiary/aromatic N) is 2. The van der Waals surface area contributed by atoms with Crippen molar-refractivity contribution >= 4 is 50.0 Å². The number of benzene rings is 2. The quantitative estimate of drug-likeness (QED) is 0.391. The zero-order chi connectivity index (χ0) is 19.3. The summed E-state index contributed by atoms with van der Waals surface area (Å²) in [5, 5.41) is 2.67. The minimum Gasteiger partial charge on any atom is -0.497 e. The maximum absolute atomic E-state index is 13.0. The van der Waals surface area contributed by atoms with Gasteiger partial charge in [-0.3, -0.25) is 9.69 Å². The number of anilines is 1. The van der Waals surface area contributed by atoms with E-state index in [1.165, 1.54) is 11.3 Å². The lowest BCUT2D eigenvalue weighted by molar-refractivity contribution is -0.114. The van der Waals surface area contributed by atoms with Crippen LogP contribution < -0.4 is 9.64 Å². The van der Waals surface area contributed by atoms with Crippen molar-refractivity contribution in [2.45, 2.75) is 6.54 Å². The van der Waals surface area contributed by atoms with E-state index in [9.17, 15) is 4.79 Å². The van der Waals surface area contributed by atoms with Crippen molar-refractivity contribution in [2.24, 2.45) is 0 Å². The van der Waals surface area contributed by atoms with E-state index >= 15 is 0 Å². The van der Waals surface area contributed by atoms with E-state index in [-0.39, 0.29) is 5.91 Å². The fraction of sp³-hybridized carbons (Fsp3) is 0.0909. The van der Waals surface area contributed by atoms with Crippen LogP contribution >= 0.6 is 22.7 Å². The van der Waals surface area contributed by atoms with Crippen LogP contribution in [0.25, 0.3) is 16.3 Å². The van der Waals surface area contributed by atoms with Gasteiger partial charge in [0.15, 0.2) is 5.13 Å². The summed E-state index contributed by atoms with van der Waals surface area (Å²) >= 11 is 3.09. The van der Waals surface area contributed by atoms with Crippen molar-refractivity contribution in [2.75, 3.05) is 12.0 Å². The van der Waals surface area contributed by atoms with Gasteiger partial charge in [0.25, 0.3) is 5.91 Å². The van der Waals surface area contributed by atoms with Gasteiger partial charge in [0.05, 0.1) is 23.9 Å². The minimum atomic E-state index is -0.0942. The highest BCUT2D eigenvalue weighted by molar-refractivity contribution is 7.22. The Morgan fingerprint density at radius 3 is 2.75 bits per heavy atom. The minimum absolute atomic E-state index is 0.0942. The van der Waals surface area contributed by atoms with Crippen LogP contribution in [-0.4, -0.2) is 18.0 Å². The monoisotopic (exact) mass is 406 g/mol. The summed E-state index contributed by atoms with van der Waals surface area (Å²) in [5.41, 5.74) is 1.91. The third-order valence-electron chi connectivity index (χ3n) is 4.20. The van der Waals surface area contributed by atoms with Gasteiger partial charge in [-0.25, -0.2) is 4.98 Å². The maximum Gasteiger partial charge on any atom is 0.253 e. The topological polar surface area (TPSA) is 42.4 Å². The molecule has 28 heavy (non-hydrogen) atoms. The van der Waals surface area contributed by atoms with Crippen LogP contribution in [0.15, 0.2) is 72.1 Å². The first-order valence-electron chi connectivity index (χ1n) is 8.74. The molecule has 0 aliphatic carbocycles. The summed E-state index contributed by atoms with van der Waals surface area (Å²) in [6.45, 7) is 0.464. The second-order valence-electron chi connectivity index (χ2n) is 6.09. The molecule has 4 nitrogen and oxygen atoms in total. The number of amides is 1. The lowest BCUT2D eigenvalue weighted by Gasteiger charge is -2.18. The summed E-state index contributed by atoms with van der Waals surface area (Å²) in [4.78, 5) is 20.5. The van der Waals surface area contributed by atoms with Gasteiger partial charge in [-0.05, 0) is 41.3 Å². The number of methoxy groups -OCH3 is 1. The van der Waals surface area contributed by atoms with Crippen molar-refractivity contribution < 1.29 is 9.53 Å². The molecule has 1 amide bonds. The molecule has 6 heteroatoms. The smallest absolute Gasteiger partial charge is 0.253 e. The Bertz CT molecular complexity index is 1100. The molecule has 2 heterocycles. The number of hydrogen-bond donors (Lipinski definition) is 0. The highest BCUT2D eigenvalue weighted by atomic mass is 32.1. The molecule has 0 radical (unpaired) electrons. The van der Waals surface area contributed by atoms with Crippen molar-refractivity contribution in [3.05, 3.63) is 82.6 Å². The van der Waals surface area contributed by atoms with Gasteiger partial charge in [-0.15, -0.1) is 11.3 Å². The lowest BCUT2D eigenvalue weighted by atomic mass is 10.2. The third kappa shape index (κ3) is 4.13.